The number of hydrogen-bond acceptors (Lipinski definition) is 5. The fourth-order valence-electron chi connectivity index (χ4n) is 3.19. The molecule has 0 bridgehead atoms. The van der Waals surface area contributed by atoms with Crippen LogP contribution in [-0.2, 0) is 11.2 Å². The highest BCUT2D eigenvalue weighted by molar-refractivity contribution is 7.22. The molecule has 1 aliphatic heterocycles. The molecule has 0 spiro atoms. The predicted molar refractivity (Wildman–Crippen MR) is 105 cm³/mol. The number of carbonyl (C=O) groups excluding carboxylic acids is 1. The zero-order valence-corrected chi connectivity index (χ0v) is 15.8. The normalized spacial score (nSPS) is 14.6. The third-order valence-electron chi connectivity index (χ3n) is 4.76. The number of ether oxygens (including phenoxy) is 1. The van der Waals surface area contributed by atoms with Crippen LogP contribution in [-0.4, -0.2) is 49.1 Å². The van der Waals surface area contributed by atoms with Crippen LogP contribution in [0.3, 0.4) is 0 Å². The lowest BCUT2D eigenvalue weighted by Gasteiger charge is -2.34. The summed E-state index contributed by atoms with van der Waals surface area (Å²) in [6, 6.07) is 12.0. The minimum absolute atomic E-state index is 0.0790. The Morgan fingerprint density at radius 1 is 1.15 bits per heavy atom. The van der Waals surface area contributed by atoms with Gasteiger partial charge in [0, 0.05) is 26.2 Å². The Balaban J connectivity index is 1.38. The molecule has 0 radical (unpaired) electrons. The van der Waals surface area contributed by atoms with Gasteiger partial charge in [-0.1, -0.05) is 23.5 Å². The Morgan fingerprint density at radius 3 is 2.59 bits per heavy atom. The average Bonchev–Trinajstić information content (AvgIpc) is 3.13. The third-order valence-corrected chi connectivity index (χ3v) is 5.83. The van der Waals surface area contributed by atoms with E-state index < -0.39 is 0 Å². The van der Waals surface area contributed by atoms with Gasteiger partial charge < -0.3 is 14.5 Å². The van der Waals surface area contributed by atoms with Crippen molar-refractivity contribution in [3.63, 3.8) is 0 Å². The molecule has 2 aromatic carbocycles. The van der Waals surface area contributed by atoms with Crippen LogP contribution < -0.4 is 9.64 Å². The number of anilines is 1. The summed E-state index contributed by atoms with van der Waals surface area (Å²) in [5, 5.41) is 0.976. The lowest BCUT2D eigenvalue weighted by atomic mass is 10.1. The maximum absolute atomic E-state index is 13.0. The highest BCUT2D eigenvalue weighted by Gasteiger charge is 2.23. The highest BCUT2D eigenvalue weighted by atomic mass is 32.1. The number of methoxy groups -OCH3 is 1. The number of piperazine rings is 1. The summed E-state index contributed by atoms with van der Waals surface area (Å²) in [6.07, 6.45) is 0.307. The summed E-state index contributed by atoms with van der Waals surface area (Å²) >= 11 is 1.64. The molecule has 1 fully saturated rings. The summed E-state index contributed by atoms with van der Waals surface area (Å²) in [4.78, 5) is 21.3. The summed E-state index contributed by atoms with van der Waals surface area (Å²) in [6.45, 7) is 2.84. The maximum atomic E-state index is 13.0. The van der Waals surface area contributed by atoms with Crippen LogP contribution in [0.25, 0.3) is 10.2 Å². The van der Waals surface area contributed by atoms with E-state index in [0.717, 1.165) is 39.8 Å². The fourth-order valence-corrected chi connectivity index (χ4v) is 4.24. The van der Waals surface area contributed by atoms with Crippen molar-refractivity contribution in [1.29, 1.82) is 0 Å². The molecular weight excluding hydrogens is 365 g/mol. The average molecular weight is 385 g/mol. The van der Waals surface area contributed by atoms with Gasteiger partial charge in [0.05, 0.1) is 23.7 Å². The molecule has 4 rings (SSSR count). The van der Waals surface area contributed by atoms with E-state index in [4.69, 9.17) is 9.72 Å². The van der Waals surface area contributed by atoms with Gasteiger partial charge in [-0.3, -0.25) is 4.79 Å². The monoisotopic (exact) mass is 385 g/mol. The number of rotatable bonds is 4. The molecule has 1 amide bonds. The van der Waals surface area contributed by atoms with Gasteiger partial charge in [-0.05, 0) is 35.9 Å². The van der Waals surface area contributed by atoms with E-state index >= 15 is 0 Å². The molecular formula is C20H20FN3O2S. The number of thiazole rings is 1. The number of aromatic nitrogens is 1. The number of hydrogen-bond donors (Lipinski definition) is 0. The van der Waals surface area contributed by atoms with Gasteiger partial charge in [-0.15, -0.1) is 0 Å². The van der Waals surface area contributed by atoms with E-state index in [9.17, 15) is 9.18 Å². The topological polar surface area (TPSA) is 45.7 Å². The Morgan fingerprint density at radius 2 is 1.89 bits per heavy atom. The third kappa shape index (κ3) is 3.88. The summed E-state index contributed by atoms with van der Waals surface area (Å²) in [7, 11) is 1.66. The molecule has 140 valence electrons. The van der Waals surface area contributed by atoms with Gasteiger partial charge in [-0.2, -0.15) is 0 Å². The second kappa shape index (κ2) is 7.52. The van der Waals surface area contributed by atoms with E-state index in [-0.39, 0.29) is 11.7 Å². The van der Waals surface area contributed by atoms with E-state index in [1.165, 1.54) is 12.1 Å². The molecule has 0 atom stereocenters. The van der Waals surface area contributed by atoms with Gasteiger partial charge in [0.15, 0.2) is 5.13 Å². The second-order valence-electron chi connectivity index (χ2n) is 6.50. The van der Waals surface area contributed by atoms with Crippen molar-refractivity contribution >= 4 is 32.6 Å². The van der Waals surface area contributed by atoms with Crippen molar-refractivity contribution in [2.75, 3.05) is 38.2 Å². The first-order chi connectivity index (χ1) is 13.1. The Hall–Kier alpha value is -2.67. The van der Waals surface area contributed by atoms with Crippen LogP contribution in [0.2, 0.25) is 0 Å². The van der Waals surface area contributed by atoms with Crippen molar-refractivity contribution in [2.45, 2.75) is 6.42 Å². The van der Waals surface area contributed by atoms with Gasteiger partial charge >= 0.3 is 0 Å². The number of amides is 1. The molecule has 1 aromatic heterocycles. The molecule has 2 heterocycles. The molecule has 1 aliphatic rings. The van der Waals surface area contributed by atoms with Crippen molar-refractivity contribution in [2.24, 2.45) is 0 Å². The largest absolute Gasteiger partial charge is 0.497 e. The van der Waals surface area contributed by atoms with Crippen molar-refractivity contribution in [1.82, 2.24) is 9.88 Å². The minimum Gasteiger partial charge on any atom is -0.497 e. The smallest absolute Gasteiger partial charge is 0.227 e. The zero-order valence-electron chi connectivity index (χ0n) is 15.0. The molecule has 1 saturated heterocycles. The first kappa shape index (κ1) is 17.7. The highest BCUT2D eigenvalue weighted by Crippen LogP contribution is 2.31. The van der Waals surface area contributed by atoms with Crippen LogP contribution in [0, 0.1) is 5.82 Å². The number of benzene rings is 2. The van der Waals surface area contributed by atoms with Crippen molar-refractivity contribution in [3.8, 4) is 5.75 Å². The SMILES string of the molecule is COc1ccc2nc(N3CCN(C(=O)Cc4ccc(F)cc4)CC3)sc2c1. The van der Waals surface area contributed by atoms with E-state index in [0.29, 0.717) is 19.5 Å². The van der Waals surface area contributed by atoms with Gasteiger partial charge in [0.1, 0.15) is 11.6 Å². The molecule has 0 saturated carbocycles. The molecule has 7 heteroatoms. The second-order valence-corrected chi connectivity index (χ2v) is 7.51. The Labute approximate surface area is 161 Å². The molecule has 3 aromatic rings. The van der Waals surface area contributed by atoms with Gasteiger partial charge in [0.25, 0.3) is 0 Å². The Kier molecular flexibility index (Phi) is 4.94. The molecule has 0 aliphatic carbocycles. The van der Waals surface area contributed by atoms with E-state index in [1.807, 2.05) is 23.1 Å². The summed E-state index contributed by atoms with van der Waals surface area (Å²) < 4.78 is 19.4. The maximum Gasteiger partial charge on any atom is 0.227 e. The molecule has 5 nitrogen and oxygen atoms in total. The van der Waals surface area contributed by atoms with Crippen molar-refractivity contribution in [3.05, 3.63) is 53.8 Å². The Bertz CT molecular complexity index is 950. The fraction of sp³-hybridized carbons (Fsp3) is 0.300. The standard InChI is InChI=1S/C20H20FN3O2S/c1-26-16-6-7-17-18(13-16)27-20(22-17)24-10-8-23(9-11-24)19(25)12-14-2-4-15(21)5-3-14/h2-7,13H,8-12H2,1H3. The van der Waals surface area contributed by atoms with Gasteiger partial charge in [0.2, 0.25) is 5.91 Å². The van der Waals surface area contributed by atoms with Crippen LogP contribution in [0.4, 0.5) is 9.52 Å². The lowest BCUT2D eigenvalue weighted by Crippen LogP contribution is -2.49. The molecule has 0 N–H and O–H groups in total. The lowest BCUT2D eigenvalue weighted by molar-refractivity contribution is -0.130. The zero-order chi connectivity index (χ0) is 18.8. The van der Waals surface area contributed by atoms with E-state index in [2.05, 4.69) is 4.90 Å². The van der Waals surface area contributed by atoms with E-state index in [1.54, 1.807) is 30.6 Å². The van der Waals surface area contributed by atoms with Crippen LogP contribution in [0.5, 0.6) is 5.75 Å². The molecule has 27 heavy (non-hydrogen) atoms. The first-order valence-corrected chi connectivity index (χ1v) is 9.66. The van der Waals surface area contributed by atoms with Crippen LogP contribution in [0.15, 0.2) is 42.5 Å². The van der Waals surface area contributed by atoms with Crippen LogP contribution in [0.1, 0.15) is 5.56 Å². The summed E-state index contributed by atoms with van der Waals surface area (Å²) in [5.41, 5.74) is 1.80. The minimum atomic E-state index is -0.284. The molecule has 0 unspecified atom stereocenters. The number of nitrogens with zero attached hydrogens (tertiary/aromatic N) is 3. The predicted octanol–water partition coefficient (Wildman–Crippen LogP) is 3.34. The number of fused-ring (bicyclic) bond motifs is 1. The van der Waals surface area contributed by atoms with Crippen LogP contribution >= 0.6 is 11.3 Å². The number of halogens is 1. The summed E-state index contributed by atoms with van der Waals surface area (Å²) in [5.74, 6) is 0.623. The van der Waals surface area contributed by atoms with Crippen molar-refractivity contribution < 1.29 is 13.9 Å². The first-order valence-electron chi connectivity index (χ1n) is 8.84. The van der Waals surface area contributed by atoms with Gasteiger partial charge in [-0.25, -0.2) is 9.37 Å². The number of carbonyl (C=O) groups is 1. The quantitative estimate of drug-likeness (QED) is 0.691.